The molecule has 1 aromatic carbocycles. The number of ether oxygens (including phenoxy) is 1. The SMILES string of the molecule is CCCCN1C(=O)S/C(=C\c2cc(Br)c(O)c(OC)c2)C1=O. The molecule has 1 aliphatic heterocycles. The van der Waals surface area contributed by atoms with Crippen molar-refractivity contribution in [1.82, 2.24) is 4.90 Å². The molecule has 2 amide bonds. The van der Waals surface area contributed by atoms with E-state index in [0.29, 0.717) is 27.2 Å². The zero-order chi connectivity index (χ0) is 16.3. The summed E-state index contributed by atoms with van der Waals surface area (Å²) in [4.78, 5) is 25.8. The molecule has 118 valence electrons. The van der Waals surface area contributed by atoms with Gasteiger partial charge in [0.1, 0.15) is 0 Å². The normalized spacial score (nSPS) is 16.7. The van der Waals surface area contributed by atoms with Crippen LogP contribution in [0.2, 0.25) is 0 Å². The summed E-state index contributed by atoms with van der Waals surface area (Å²) in [5.74, 6) is 0.0214. The Morgan fingerprint density at radius 2 is 2.14 bits per heavy atom. The Labute approximate surface area is 141 Å². The minimum atomic E-state index is -0.272. The number of nitrogens with zero attached hydrogens (tertiary/aromatic N) is 1. The van der Waals surface area contributed by atoms with Crippen molar-refractivity contribution in [2.24, 2.45) is 0 Å². The number of carbonyl (C=O) groups is 2. The third-order valence-electron chi connectivity index (χ3n) is 3.18. The third kappa shape index (κ3) is 3.47. The lowest BCUT2D eigenvalue weighted by Gasteiger charge is -2.10. The number of carbonyl (C=O) groups excluding carboxylic acids is 2. The van der Waals surface area contributed by atoms with Gasteiger partial charge in [-0.1, -0.05) is 13.3 Å². The lowest BCUT2D eigenvalue weighted by atomic mass is 10.2. The van der Waals surface area contributed by atoms with Gasteiger partial charge in [-0.3, -0.25) is 14.5 Å². The van der Waals surface area contributed by atoms with Gasteiger partial charge in [0, 0.05) is 6.54 Å². The lowest BCUT2D eigenvalue weighted by molar-refractivity contribution is -0.122. The van der Waals surface area contributed by atoms with E-state index < -0.39 is 0 Å². The first-order chi connectivity index (χ1) is 10.5. The van der Waals surface area contributed by atoms with E-state index in [2.05, 4.69) is 15.9 Å². The maximum atomic E-state index is 12.3. The van der Waals surface area contributed by atoms with Crippen LogP contribution in [-0.2, 0) is 4.79 Å². The van der Waals surface area contributed by atoms with Gasteiger partial charge in [-0.05, 0) is 57.9 Å². The van der Waals surface area contributed by atoms with E-state index in [1.165, 1.54) is 12.0 Å². The van der Waals surface area contributed by atoms with Crippen LogP contribution >= 0.6 is 27.7 Å². The number of hydrogen-bond donors (Lipinski definition) is 1. The molecule has 0 spiro atoms. The summed E-state index contributed by atoms with van der Waals surface area (Å²) in [5, 5.41) is 9.55. The number of rotatable bonds is 5. The first-order valence-electron chi connectivity index (χ1n) is 6.79. The predicted octanol–water partition coefficient (Wildman–Crippen LogP) is 4.00. The molecule has 1 saturated heterocycles. The molecular weight excluding hydrogens is 370 g/mol. The molecule has 2 rings (SSSR count). The summed E-state index contributed by atoms with van der Waals surface area (Å²) < 4.78 is 5.54. The molecule has 0 unspecified atom stereocenters. The highest BCUT2D eigenvalue weighted by molar-refractivity contribution is 9.10. The van der Waals surface area contributed by atoms with Crippen LogP contribution in [-0.4, -0.2) is 34.8 Å². The average Bonchev–Trinajstić information content (AvgIpc) is 2.75. The van der Waals surface area contributed by atoms with E-state index in [0.717, 1.165) is 24.6 Å². The number of imide groups is 1. The maximum absolute atomic E-state index is 12.3. The first-order valence-corrected chi connectivity index (χ1v) is 8.40. The largest absolute Gasteiger partial charge is 0.503 e. The highest BCUT2D eigenvalue weighted by atomic mass is 79.9. The highest BCUT2D eigenvalue weighted by Crippen LogP contribution is 2.38. The second-order valence-electron chi connectivity index (χ2n) is 4.74. The number of methoxy groups -OCH3 is 1. The quantitative estimate of drug-likeness (QED) is 0.775. The Bertz CT molecular complexity index is 645. The molecule has 1 heterocycles. The van der Waals surface area contributed by atoms with Crippen molar-refractivity contribution in [3.63, 3.8) is 0 Å². The summed E-state index contributed by atoms with van der Waals surface area (Å²) in [6.07, 6.45) is 3.34. The third-order valence-corrected chi connectivity index (χ3v) is 4.69. The van der Waals surface area contributed by atoms with Crippen LogP contribution in [0.5, 0.6) is 11.5 Å². The van der Waals surface area contributed by atoms with Gasteiger partial charge in [-0.25, -0.2) is 0 Å². The van der Waals surface area contributed by atoms with Crippen molar-refractivity contribution in [1.29, 1.82) is 0 Å². The number of thioether (sulfide) groups is 1. The van der Waals surface area contributed by atoms with Crippen LogP contribution in [0.1, 0.15) is 25.3 Å². The first kappa shape index (κ1) is 16.9. The molecule has 0 aliphatic carbocycles. The number of halogens is 1. The van der Waals surface area contributed by atoms with E-state index in [9.17, 15) is 14.7 Å². The summed E-state index contributed by atoms with van der Waals surface area (Å²) in [6, 6.07) is 3.28. The number of amides is 2. The molecule has 1 N–H and O–H groups in total. The summed E-state index contributed by atoms with van der Waals surface area (Å²) in [7, 11) is 1.45. The predicted molar refractivity (Wildman–Crippen MR) is 89.9 cm³/mol. The molecule has 0 bridgehead atoms. The van der Waals surface area contributed by atoms with Crippen molar-refractivity contribution in [3.8, 4) is 11.5 Å². The van der Waals surface area contributed by atoms with E-state index in [1.807, 2.05) is 6.92 Å². The monoisotopic (exact) mass is 385 g/mol. The molecule has 7 heteroatoms. The second kappa shape index (κ2) is 7.19. The Morgan fingerprint density at radius 3 is 2.77 bits per heavy atom. The molecule has 1 fully saturated rings. The number of aromatic hydroxyl groups is 1. The van der Waals surface area contributed by atoms with Gasteiger partial charge in [0.05, 0.1) is 16.5 Å². The van der Waals surface area contributed by atoms with Gasteiger partial charge in [0.2, 0.25) is 0 Å². The number of hydrogen-bond acceptors (Lipinski definition) is 5. The molecule has 1 aromatic rings. The minimum Gasteiger partial charge on any atom is -0.503 e. The fourth-order valence-corrected chi connectivity index (χ4v) is 3.32. The van der Waals surface area contributed by atoms with Gasteiger partial charge in [0.25, 0.3) is 11.1 Å². The van der Waals surface area contributed by atoms with Gasteiger partial charge in [-0.15, -0.1) is 0 Å². The summed E-state index contributed by atoms with van der Waals surface area (Å²) in [5.41, 5.74) is 0.669. The zero-order valence-corrected chi connectivity index (χ0v) is 14.7. The van der Waals surface area contributed by atoms with Crippen molar-refractivity contribution < 1.29 is 19.4 Å². The highest BCUT2D eigenvalue weighted by Gasteiger charge is 2.34. The van der Waals surface area contributed by atoms with Crippen LogP contribution in [0.25, 0.3) is 6.08 Å². The standard InChI is InChI=1S/C15H16BrNO4S/c1-3-4-5-17-14(19)12(22-15(17)20)8-9-6-10(16)13(18)11(7-9)21-2/h6-8,18H,3-5H2,1-2H3/b12-8-. The molecule has 22 heavy (non-hydrogen) atoms. The van der Waals surface area contributed by atoms with Gasteiger partial charge < -0.3 is 9.84 Å². The van der Waals surface area contributed by atoms with Gasteiger partial charge in [-0.2, -0.15) is 0 Å². The topological polar surface area (TPSA) is 66.8 Å². The van der Waals surface area contributed by atoms with Crippen molar-refractivity contribution in [2.75, 3.05) is 13.7 Å². The van der Waals surface area contributed by atoms with Crippen LogP contribution in [0, 0.1) is 0 Å². The fourth-order valence-electron chi connectivity index (χ4n) is 1.99. The number of phenols is 1. The summed E-state index contributed by atoms with van der Waals surface area (Å²) in [6.45, 7) is 2.45. The number of unbranched alkanes of at least 4 members (excludes halogenated alkanes) is 1. The molecular formula is C15H16BrNO4S. The molecule has 0 aromatic heterocycles. The Hall–Kier alpha value is -1.47. The van der Waals surface area contributed by atoms with Crippen molar-refractivity contribution in [2.45, 2.75) is 19.8 Å². The Balaban J connectivity index is 2.29. The average molecular weight is 386 g/mol. The second-order valence-corrected chi connectivity index (χ2v) is 6.59. The molecule has 0 radical (unpaired) electrons. The van der Waals surface area contributed by atoms with Crippen LogP contribution in [0.15, 0.2) is 21.5 Å². The van der Waals surface area contributed by atoms with Gasteiger partial charge >= 0.3 is 0 Å². The van der Waals surface area contributed by atoms with E-state index >= 15 is 0 Å². The number of phenolic OH excluding ortho intramolecular Hbond substituents is 1. The zero-order valence-electron chi connectivity index (χ0n) is 12.3. The molecule has 5 nitrogen and oxygen atoms in total. The minimum absolute atomic E-state index is 0.00398. The lowest BCUT2D eigenvalue weighted by Crippen LogP contribution is -2.29. The fraction of sp³-hybridized carbons (Fsp3) is 0.333. The molecule has 1 aliphatic rings. The van der Waals surface area contributed by atoms with Crippen LogP contribution in [0.3, 0.4) is 0 Å². The smallest absolute Gasteiger partial charge is 0.293 e. The van der Waals surface area contributed by atoms with Crippen LogP contribution < -0.4 is 4.74 Å². The maximum Gasteiger partial charge on any atom is 0.293 e. The Morgan fingerprint density at radius 1 is 1.41 bits per heavy atom. The van der Waals surface area contributed by atoms with E-state index in [1.54, 1.807) is 18.2 Å². The Kier molecular flexibility index (Phi) is 5.52. The number of benzene rings is 1. The molecule has 0 atom stereocenters. The molecule has 0 saturated carbocycles. The van der Waals surface area contributed by atoms with Crippen LogP contribution in [0.4, 0.5) is 4.79 Å². The van der Waals surface area contributed by atoms with Crippen molar-refractivity contribution >= 4 is 44.9 Å². The van der Waals surface area contributed by atoms with E-state index in [-0.39, 0.29) is 16.9 Å². The van der Waals surface area contributed by atoms with E-state index in [4.69, 9.17) is 4.74 Å². The summed E-state index contributed by atoms with van der Waals surface area (Å²) >= 11 is 4.16. The van der Waals surface area contributed by atoms with Crippen molar-refractivity contribution in [3.05, 3.63) is 27.1 Å². The van der Waals surface area contributed by atoms with Gasteiger partial charge in [0.15, 0.2) is 11.5 Å².